The van der Waals surface area contributed by atoms with Gasteiger partial charge in [0.2, 0.25) is 0 Å². The number of amides is 1. The molecule has 0 saturated heterocycles. The zero-order valence-electron chi connectivity index (χ0n) is 11.2. The van der Waals surface area contributed by atoms with Gasteiger partial charge in [0.1, 0.15) is 0 Å². The van der Waals surface area contributed by atoms with Crippen LogP contribution in [0.2, 0.25) is 0 Å². The molecule has 3 nitrogen and oxygen atoms in total. The van der Waals surface area contributed by atoms with Crippen LogP contribution in [0.4, 0.5) is 0 Å². The molecule has 0 aliphatic heterocycles. The van der Waals surface area contributed by atoms with Gasteiger partial charge in [0, 0.05) is 39.8 Å². The third-order valence-electron chi connectivity index (χ3n) is 2.38. The Hall–Kier alpha value is -0.536. The number of carbonyl (C=O) groups excluding carboxylic acids is 2. The van der Waals surface area contributed by atoms with E-state index in [1.807, 2.05) is 30.3 Å². The van der Waals surface area contributed by atoms with Crippen LogP contribution in [0.5, 0.6) is 0 Å². The van der Waals surface area contributed by atoms with E-state index < -0.39 is 0 Å². The number of likely N-dealkylation sites (N-methyl/N-ethyl adjacent to an activating group) is 1. The third-order valence-corrected chi connectivity index (χ3v) is 2.38. The number of benzene rings is 1. The molecule has 0 spiro atoms. The Kier molecular flexibility index (Phi) is 12.7. The predicted octanol–water partition coefficient (Wildman–Crippen LogP) is 2.13. The molecule has 4 heteroatoms. The Morgan fingerprint density at radius 1 is 1.28 bits per heavy atom. The van der Waals surface area contributed by atoms with E-state index in [-0.39, 0.29) is 56.9 Å². The summed E-state index contributed by atoms with van der Waals surface area (Å²) in [4.78, 5) is 23.2. The largest absolute Gasteiger partial charge is 0.338 e. The molecule has 1 aromatic carbocycles. The van der Waals surface area contributed by atoms with Gasteiger partial charge in [0.25, 0.3) is 0 Å². The molecule has 97 valence electrons. The third kappa shape index (κ3) is 8.54. The monoisotopic (exact) mass is 322 g/mol. The summed E-state index contributed by atoms with van der Waals surface area (Å²) in [5, 5.41) is 0. The molecular formula is C14H19NO2Y-2. The first-order valence-electron chi connectivity index (χ1n) is 5.47. The van der Waals surface area contributed by atoms with E-state index in [1.54, 1.807) is 14.0 Å². The molecule has 1 rings (SSSR count). The van der Waals surface area contributed by atoms with Crippen molar-refractivity contribution in [3.8, 4) is 0 Å². The second kappa shape index (κ2) is 11.5. The van der Waals surface area contributed by atoms with E-state index >= 15 is 0 Å². The molecule has 18 heavy (non-hydrogen) atoms. The van der Waals surface area contributed by atoms with Crippen molar-refractivity contribution in [3.63, 3.8) is 0 Å². The number of Topliss-reactive ketones (excluding diaryl/α,β-unsaturated/α-hetero) is 1. The molecule has 1 radical (unpaired) electrons. The van der Waals surface area contributed by atoms with Crippen molar-refractivity contribution in [3.05, 3.63) is 43.3 Å². The number of hydrogen-bond donors (Lipinski definition) is 0. The standard InChI is InChI=1S/C8H14NO2.C6H5.Y/c1-5-8(11)9(4)6(2)7(3)10;1-2-4-6-5-3-1;/h6H,1,5H2,2-4H3;1-5H;/q2*-1;. The van der Waals surface area contributed by atoms with Crippen LogP contribution in [0.1, 0.15) is 20.3 Å². The molecule has 0 aromatic heterocycles. The summed E-state index contributed by atoms with van der Waals surface area (Å²) >= 11 is 0. The zero-order chi connectivity index (χ0) is 13.3. The molecule has 0 aliphatic carbocycles. The van der Waals surface area contributed by atoms with Crippen molar-refractivity contribution < 1.29 is 42.3 Å². The van der Waals surface area contributed by atoms with E-state index in [0.717, 1.165) is 0 Å². The van der Waals surface area contributed by atoms with E-state index in [1.165, 1.54) is 11.8 Å². The Balaban J connectivity index is 0. The maximum Gasteiger partial charge on any atom is 0.192 e. The summed E-state index contributed by atoms with van der Waals surface area (Å²) in [6, 6.07) is 12.2. The van der Waals surface area contributed by atoms with E-state index in [4.69, 9.17) is 0 Å². The molecule has 0 heterocycles. The molecule has 0 aliphatic rings. The van der Waals surface area contributed by atoms with Crippen LogP contribution < -0.4 is 0 Å². The van der Waals surface area contributed by atoms with E-state index in [0.29, 0.717) is 0 Å². The molecule has 0 saturated carbocycles. The van der Waals surface area contributed by atoms with Gasteiger partial charge in [0.05, 0.1) is 6.04 Å². The van der Waals surface area contributed by atoms with Gasteiger partial charge in [-0.1, -0.05) is 0 Å². The van der Waals surface area contributed by atoms with Crippen molar-refractivity contribution in [1.82, 2.24) is 4.90 Å². The molecule has 1 atom stereocenters. The van der Waals surface area contributed by atoms with Crippen molar-refractivity contribution >= 4 is 11.7 Å². The minimum atomic E-state index is -0.329. The maximum atomic E-state index is 11.0. The number of nitrogens with zero attached hydrogens (tertiary/aromatic N) is 1. The van der Waals surface area contributed by atoms with Gasteiger partial charge in [-0.3, -0.25) is 9.59 Å². The maximum absolute atomic E-state index is 11.0. The summed E-state index contributed by atoms with van der Waals surface area (Å²) in [5.74, 6) is -0.109. The summed E-state index contributed by atoms with van der Waals surface area (Å²) in [7, 11) is 1.61. The topological polar surface area (TPSA) is 37.4 Å². The molecule has 1 aromatic rings. The SMILES string of the molecule is [CH2-]CC(=O)N(C)C(C)C(C)=O.[Y].[c-]1ccccc1. The number of ketones is 1. The molecular weight excluding hydrogens is 303 g/mol. The second-order valence-corrected chi connectivity index (χ2v) is 3.62. The first-order chi connectivity index (χ1) is 8.00. The van der Waals surface area contributed by atoms with Crippen LogP contribution in [-0.2, 0) is 42.3 Å². The number of rotatable bonds is 3. The van der Waals surface area contributed by atoms with Gasteiger partial charge in [-0.2, -0.15) is 36.4 Å². The number of hydrogen-bond acceptors (Lipinski definition) is 2. The first-order valence-corrected chi connectivity index (χ1v) is 5.47. The van der Waals surface area contributed by atoms with Gasteiger partial charge in [-0.25, -0.2) is 0 Å². The Labute approximate surface area is 135 Å². The quantitative estimate of drug-likeness (QED) is 0.800. The van der Waals surface area contributed by atoms with Crippen LogP contribution in [0.15, 0.2) is 30.3 Å². The smallest absolute Gasteiger partial charge is 0.192 e. The van der Waals surface area contributed by atoms with Crippen LogP contribution in [0.3, 0.4) is 0 Å². The zero-order valence-corrected chi connectivity index (χ0v) is 14.1. The fraction of sp³-hybridized carbons (Fsp3) is 0.357. The Morgan fingerprint density at radius 3 is 2.00 bits per heavy atom. The normalized spacial score (nSPS) is 10.2. The van der Waals surface area contributed by atoms with Gasteiger partial charge >= 0.3 is 0 Å². The van der Waals surface area contributed by atoms with Gasteiger partial charge in [0.15, 0.2) is 11.7 Å². The van der Waals surface area contributed by atoms with Gasteiger partial charge in [-0.05, 0) is 13.8 Å². The van der Waals surface area contributed by atoms with E-state index in [9.17, 15) is 9.59 Å². The minimum Gasteiger partial charge on any atom is -0.338 e. The molecule has 0 N–H and O–H groups in total. The van der Waals surface area contributed by atoms with Crippen LogP contribution in [0.25, 0.3) is 0 Å². The predicted molar refractivity (Wildman–Crippen MR) is 68.2 cm³/mol. The summed E-state index contributed by atoms with van der Waals surface area (Å²) in [6.07, 6.45) is 0.203. The average molecular weight is 322 g/mol. The average Bonchev–Trinajstić information content (AvgIpc) is 2.38. The minimum absolute atomic E-state index is 0. The van der Waals surface area contributed by atoms with Crippen LogP contribution in [-0.4, -0.2) is 29.7 Å². The fourth-order valence-electron chi connectivity index (χ4n) is 1.01. The van der Waals surface area contributed by atoms with Crippen molar-refractivity contribution in [2.75, 3.05) is 7.05 Å². The van der Waals surface area contributed by atoms with Crippen LogP contribution in [0, 0.1) is 13.0 Å². The molecule has 0 bridgehead atoms. The molecule has 0 fully saturated rings. The van der Waals surface area contributed by atoms with Crippen LogP contribution >= 0.6 is 0 Å². The molecule has 1 unspecified atom stereocenters. The Morgan fingerprint density at radius 2 is 1.78 bits per heavy atom. The van der Waals surface area contributed by atoms with Gasteiger partial charge in [-0.15, -0.1) is 6.42 Å². The van der Waals surface area contributed by atoms with Gasteiger partial charge < -0.3 is 11.8 Å². The Bertz CT molecular complexity index is 314. The van der Waals surface area contributed by atoms with Crippen molar-refractivity contribution in [2.45, 2.75) is 26.3 Å². The first kappa shape index (κ1) is 19.8. The van der Waals surface area contributed by atoms with Crippen molar-refractivity contribution in [1.29, 1.82) is 0 Å². The fourth-order valence-corrected chi connectivity index (χ4v) is 1.01. The molecule has 1 amide bonds. The summed E-state index contributed by atoms with van der Waals surface area (Å²) < 4.78 is 0. The van der Waals surface area contributed by atoms with E-state index in [2.05, 4.69) is 13.0 Å². The summed E-state index contributed by atoms with van der Waals surface area (Å²) in [5.41, 5.74) is 0. The number of carbonyl (C=O) groups is 2. The second-order valence-electron chi connectivity index (χ2n) is 3.62. The van der Waals surface area contributed by atoms with Crippen molar-refractivity contribution in [2.24, 2.45) is 0 Å². The summed E-state index contributed by atoms with van der Waals surface area (Å²) in [6.45, 7) is 6.62.